The Hall–Kier alpha value is -2.67. The summed E-state index contributed by atoms with van der Waals surface area (Å²) in [5.74, 6) is -3.27. The molecular formula is C21H22BrF2NO3. The number of rotatable bonds is 4. The van der Waals surface area contributed by atoms with Crippen molar-refractivity contribution in [3.8, 4) is 22.6 Å². The van der Waals surface area contributed by atoms with Gasteiger partial charge >= 0.3 is 0 Å². The third-order valence-corrected chi connectivity index (χ3v) is 4.24. The predicted molar refractivity (Wildman–Crippen MR) is 112 cm³/mol. The number of nitrogens with one attached hydrogen (secondary N) is 1. The van der Waals surface area contributed by atoms with Crippen LogP contribution < -0.4 is 5.32 Å². The lowest BCUT2D eigenvalue weighted by molar-refractivity contribution is -0.112. The summed E-state index contributed by atoms with van der Waals surface area (Å²) in [5.41, 5.74) is 1.02. The monoisotopic (exact) mass is 453 g/mol. The maximum absolute atomic E-state index is 13.7. The van der Waals surface area contributed by atoms with Crippen LogP contribution in [-0.2, 0) is 4.79 Å². The van der Waals surface area contributed by atoms with Gasteiger partial charge in [-0.25, -0.2) is 8.78 Å². The van der Waals surface area contributed by atoms with Gasteiger partial charge in [0.15, 0.2) is 11.5 Å². The minimum Gasteiger partial charge on any atom is -0.504 e. The first-order valence-electron chi connectivity index (χ1n) is 8.56. The van der Waals surface area contributed by atoms with E-state index in [1.165, 1.54) is 19.1 Å². The maximum Gasteiger partial charge on any atom is 0.261 e. The molecule has 0 unspecified atom stereocenters. The van der Waals surface area contributed by atoms with Crippen LogP contribution in [0.2, 0.25) is 0 Å². The highest BCUT2D eigenvalue weighted by Gasteiger charge is 2.18. The normalized spacial score (nSPS) is 11.9. The van der Waals surface area contributed by atoms with Gasteiger partial charge < -0.3 is 15.5 Å². The van der Waals surface area contributed by atoms with E-state index in [0.717, 1.165) is 13.0 Å². The zero-order valence-electron chi connectivity index (χ0n) is 16.0. The zero-order chi connectivity index (χ0) is 21.4. The van der Waals surface area contributed by atoms with Gasteiger partial charge in [0.05, 0.1) is 0 Å². The number of hydrogen-bond acceptors (Lipinski definition) is 3. The molecule has 0 saturated heterocycles. The van der Waals surface area contributed by atoms with E-state index >= 15 is 0 Å². The van der Waals surface area contributed by atoms with Gasteiger partial charge in [0.1, 0.15) is 17.2 Å². The molecule has 2 aromatic carbocycles. The minimum atomic E-state index is -0.942. The van der Waals surface area contributed by atoms with Crippen LogP contribution in [0.25, 0.3) is 11.1 Å². The van der Waals surface area contributed by atoms with E-state index in [-0.39, 0.29) is 11.5 Å². The summed E-state index contributed by atoms with van der Waals surface area (Å²) in [7, 11) is 0. The fourth-order valence-corrected chi connectivity index (χ4v) is 2.83. The molecule has 3 N–H and O–H groups in total. The maximum atomic E-state index is 13.7. The lowest BCUT2D eigenvalue weighted by atomic mass is 10.0. The Bertz CT molecular complexity index is 903. The Kier molecular flexibility index (Phi) is 8.85. The van der Waals surface area contributed by atoms with E-state index in [1.807, 2.05) is 13.8 Å². The molecule has 150 valence electrons. The van der Waals surface area contributed by atoms with Crippen LogP contribution in [0.5, 0.6) is 11.5 Å². The summed E-state index contributed by atoms with van der Waals surface area (Å²) in [4.78, 5) is 12.1. The van der Waals surface area contributed by atoms with Gasteiger partial charge in [-0.1, -0.05) is 48.0 Å². The van der Waals surface area contributed by atoms with Gasteiger partial charge in [-0.3, -0.25) is 4.79 Å². The number of benzene rings is 2. The standard InChI is InChI=1S/C19H16BrF2NO3.C2H6/c1-3-15(22)18(10(2)21)19(26)23-12-6-4-11(5-7-12)13-8-16(24)17(25)9-14(13)20;1-2/h3-9,24-25H,1-2H3,(H,23,26);1-2H3/b15-3+,18-10-;. The van der Waals surface area contributed by atoms with Gasteiger partial charge in [0.2, 0.25) is 0 Å². The van der Waals surface area contributed by atoms with Crippen LogP contribution in [0.4, 0.5) is 14.5 Å². The minimum absolute atomic E-state index is 0.253. The van der Waals surface area contributed by atoms with Crippen molar-refractivity contribution < 1.29 is 23.8 Å². The molecule has 7 heteroatoms. The van der Waals surface area contributed by atoms with Gasteiger partial charge in [0, 0.05) is 10.2 Å². The first-order valence-corrected chi connectivity index (χ1v) is 9.35. The van der Waals surface area contributed by atoms with Gasteiger partial charge in [-0.05, 0) is 49.2 Å². The topological polar surface area (TPSA) is 69.6 Å². The summed E-state index contributed by atoms with van der Waals surface area (Å²) in [6, 6.07) is 9.18. The average Bonchev–Trinajstić information content (AvgIpc) is 2.66. The number of amides is 1. The fraction of sp³-hybridized carbons (Fsp3) is 0.190. The van der Waals surface area contributed by atoms with Crippen molar-refractivity contribution in [3.05, 3.63) is 64.2 Å². The van der Waals surface area contributed by atoms with E-state index < -0.39 is 23.1 Å². The van der Waals surface area contributed by atoms with Crippen molar-refractivity contribution in [2.75, 3.05) is 5.32 Å². The van der Waals surface area contributed by atoms with Crippen molar-refractivity contribution in [2.24, 2.45) is 0 Å². The van der Waals surface area contributed by atoms with Crippen molar-refractivity contribution in [1.82, 2.24) is 0 Å². The summed E-state index contributed by atoms with van der Waals surface area (Å²) in [6.07, 6.45) is 1.01. The number of allylic oxidation sites excluding steroid dienone is 2. The molecule has 0 aliphatic carbocycles. The highest BCUT2D eigenvalue weighted by Crippen LogP contribution is 2.37. The second-order valence-corrected chi connectivity index (χ2v) is 6.25. The third kappa shape index (κ3) is 5.66. The van der Waals surface area contributed by atoms with E-state index in [2.05, 4.69) is 21.2 Å². The Morgan fingerprint density at radius 2 is 1.61 bits per heavy atom. The molecule has 0 saturated carbocycles. The second-order valence-electron chi connectivity index (χ2n) is 5.40. The van der Waals surface area contributed by atoms with Gasteiger partial charge in [0.25, 0.3) is 5.91 Å². The van der Waals surface area contributed by atoms with Crippen LogP contribution in [0.3, 0.4) is 0 Å². The van der Waals surface area contributed by atoms with Gasteiger partial charge in [-0.2, -0.15) is 0 Å². The summed E-state index contributed by atoms with van der Waals surface area (Å²) in [6.45, 7) is 6.38. The average molecular weight is 454 g/mol. The van der Waals surface area contributed by atoms with Crippen LogP contribution in [0.1, 0.15) is 27.7 Å². The van der Waals surface area contributed by atoms with Crippen LogP contribution >= 0.6 is 15.9 Å². The number of phenols is 2. The number of anilines is 1. The molecule has 1 amide bonds. The number of halogens is 3. The third-order valence-electron chi connectivity index (χ3n) is 3.58. The number of aromatic hydroxyl groups is 2. The molecule has 0 aliphatic rings. The van der Waals surface area contributed by atoms with Crippen molar-refractivity contribution in [3.63, 3.8) is 0 Å². The predicted octanol–water partition coefficient (Wildman–Crippen LogP) is 6.61. The molecule has 4 nitrogen and oxygen atoms in total. The van der Waals surface area contributed by atoms with E-state index in [1.54, 1.807) is 24.3 Å². The molecule has 0 fully saturated rings. The number of hydrogen-bond donors (Lipinski definition) is 3. The summed E-state index contributed by atoms with van der Waals surface area (Å²) < 4.78 is 27.7. The first-order chi connectivity index (χ1) is 13.2. The molecule has 0 aromatic heterocycles. The Morgan fingerprint density at radius 1 is 1.07 bits per heavy atom. The number of carbonyl (C=O) groups is 1. The zero-order valence-corrected chi connectivity index (χ0v) is 17.6. The molecule has 0 radical (unpaired) electrons. The fourth-order valence-electron chi connectivity index (χ4n) is 2.27. The Labute approximate surface area is 171 Å². The molecular weight excluding hydrogens is 432 g/mol. The Balaban J connectivity index is 0.00000190. The van der Waals surface area contributed by atoms with E-state index in [4.69, 9.17) is 0 Å². The first kappa shape index (κ1) is 23.4. The van der Waals surface area contributed by atoms with Crippen LogP contribution in [-0.4, -0.2) is 16.1 Å². The SMILES string of the molecule is C/C=C(F)\C(C(=O)Nc1ccc(-c2cc(O)c(O)cc2Br)cc1)=C(/C)F.CC. The van der Waals surface area contributed by atoms with Crippen LogP contribution in [0.15, 0.2) is 64.2 Å². The van der Waals surface area contributed by atoms with Crippen molar-refractivity contribution >= 4 is 27.5 Å². The smallest absolute Gasteiger partial charge is 0.261 e. The molecule has 2 aromatic rings. The Morgan fingerprint density at radius 3 is 2.11 bits per heavy atom. The largest absolute Gasteiger partial charge is 0.504 e. The lowest BCUT2D eigenvalue weighted by Crippen LogP contribution is -2.15. The van der Waals surface area contributed by atoms with E-state index in [0.29, 0.717) is 21.3 Å². The molecule has 0 heterocycles. The second kappa shape index (κ2) is 10.6. The molecule has 0 atom stereocenters. The van der Waals surface area contributed by atoms with Crippen molar-refractivity contribution in [1.29, 1.82) is 0 Å². The molecule has 0 aliphatic heterocycles. The number of phenolic OH excluding ortho intramolecular Hbond substituents is 2. The quantitative estimate of drug-likeness (QED) is 0.277. The molecule has 28 heavy (non-hydrogen) atoms. The highest BCUT2D eigenvalue weighted by atomic mass is 79.9. The van der Waals surface area contributed by atoms with E-state index in [9.17, 15) is 23.8 Å². The molecule has 2 rings (SSSR count). The molecule has 0 bridgehead atoms. The number of carbonyl (C=O) groups excluding carboxylic acids is 1. The lowest BCUT2D eigenvalue weighted by Gasteiger charge is -2.10. The van der Waals surface area contributed by atoms with Crippen LogP contribution in [0, 0.1) is 0 Å². The highest BCUT2D eigenvalue weighted by molar-refractivity contribution is 9.10. The molecule has 0 spiro atoms. The summed E-state index contributed by atoms with van der Waals surface area (Å²) in [5, 5.41) is 21.6. The van der Waals surface area contributed by atoms with Gasteiger partial charge in [-0.15, -0.1) is 0 Å². The summed E-state index contributed by atoms with van der Waals surface area (Å²) >= 11 is 3.30. The van der Waals surface area contributed by atoms with Crippen molar-refractivity contribution in [2.45, 2.75) is 27.7 Å².